The van der Waals surface area contributed by atoms with E-state index in [1.54, 1.807) is 35.4 Å². The van der Waals surface area contributed by atoms with Crippen molar-refractivity contribution in [2.75, 3.05) is 6.54 Å². The molecular weight excluding hydrogens is 398 g/mol. The molecule has 3 rings (SSSR count). The first-order valence-electron chi connectivity index (χ1n) is 8.67. The fourth-order valence-corrected chi connectivity index (χ4v) is 4.02. The number of carboxylic acid groups (broad SMARTS) is 1. The Balaban J connectivity index is 1.85. The Morgan fingerprint density at radius 3 is 2.96 bits per heavy atom. The highest BCUT2D eigenvalue weighted by atomic mass is 32.2. The zero-order chi connectivity index (χ0) is 20.1. The zero-order valence-electron chi connectivity index (χ0n) is 15.4. The van der Waals surface area contributed by atoms with Crippen LogP contribution < -0.4 is 4.74 Å². The molecule has 0 spiro atoms. The Morgan fingerprint density at radius 2 is 2.29 bits per heavy atom. The Bertz CT molecular complexity index is 925. The number of aromatic nitrogens is 1. The Labute approximate surface area is 170 Å². The molecule has 1 amide bonds. The van der Waals surface area contributed by atoms with Crippen molar-refractivity contribution in [1.29, 1.82) is 0 Å². The molecule has 0 saturated carbocycles. The SMILES string of the molecule is CCCN1C(=O)/C(=C\c2cccc(OC(C)C(=O)O)c2)S/C1=N/c1nccs1. The lowest BCUT2D eigenvalue weighted by atomic mass is 10.2. The molecule has 146 valence electrons. The maximum absolute atomic E-state index is 12.8. The van der Waals surface area contributed by atoms with Crippen LogP contribution >= 0.6 is 23.1 Å². The zero-order valence-corrected chi connectivity index (χ0v) is 17.0. The molecule has 28 heavy (non-hydrogen) atoms. The summed E-state index contributed by atoms with van der Waals surface area (Å²) in [5.74, 6) is -0.710. The first-order valence-corrected chi connectivity index (χ1v) is 10.4. The molecule has 1 aliphatic heterocycles. The van der Waals surface area contributed by atoms with Gasteiger partial charge in [0.15, 0.2) is 11.3 Å². The molecule has 1 saturated heterocycles. The maximum Gasteiger partial charge on any atom is 0.344 e. The van der Waals surface area contributed by atoms with E-state index in [2.05, 4.69) is 9.98 Å². The molecule has 0 radical (unpaired) electrons. The van der Waals surface area contributed by atoms with Gasteiger partial charge in [-0.15, -0.1) is 11.3 Å². The van der Waals surface area contributed by atoms with Gasteiger partial charge < -0.3 is 9.84 Å². The number of benzene rings is 1. The molecule has 2 heterocycles. The molecule has 2 aromatic rings. The highest BCUT2D eigenvalue weighted by Crippen LogP contribution is 2.35. The van der Waals surface area contributed by atoms with Gasteiger partial charge in [-0.3, -0.25) is 9.69 Å². The highest BCUT2D eigenvalue weighted by molar-refractivity contribution is 8.18. The molecule has 1 atom stereocenters. The number of thioether (sulfide) groups is 1. The molecule has 1 N–H and O–H groups in total. The van der Waals surface area contributed by atoms with E-state index in [9.17, 15) is 9.59 Å². The van der Waals surface area contributed by atoms with Gasteiger partial charge in [0, 0.05) is 18.1 Å². The second kappa shape index (κ2) is 9.03. The van der Waals surface area contributed by atoms with E-state index in [-0.39, 0.29) is 5.91 Å². The third-order valence-corrected chi connectivity index (χ3v) is 5.43. The number of thiazole rings is 1. The second-order valence-electron chi connectivity index (χ2n) is 5.95. The minimum absolute atomic E-state index is 0.104. The lowest BCUT2D eigenvalue weighted by molar-refractivity contribution is -0.144. The number of ether oxygens (including phenoxy) is 1. The van der Waals surface area contributed by atoms with Crippen LogP contribution in [0.4, 0.5) is 5.13 Å². The summed E-state index contributed by atoms with van der Waals surface area (Å²) in [5, 5.41) is 12.0. The van der Waals surface area contributed by atoms with Gasteiger partial charge in [0.05, 0.1) is 4.91 Å². The first kappa shape index (κ1) is 20.1. The van der Waals surface area contributed by atoms with Gasteiger partial charge >= 0.3 is 5.97 Å². The third kappa shape index (κ3) is 4.79. The number of nitrogens with zero attached hydrogens (tertiary/aromatic N) is 3. The fraction of sp³-hybridized carbons (Fsp3) is 0.263. The molecule has 7 nitrogen and oxygen atoms in total. The van der Waals surface area contributed by atoms with Crippen molar-refractivity contribution in [1.82, 2.24) is 9.88 Å². The number of hydrogen-bond donors (Lipinski definition) is 1. The Morgan fingerprint density at radius 1 is 1.46 bits per heavy atom. The van der Waals surface area contributed by atoms with Crippen LogP contribution in [-0.4, -0.2) is 44.7 Å². The van der Waals surface area contributed by atoms with Gasteiger partial charge in [-0.05, 0) is 48.9 Å². The highest BCUT2D eigenvalue weighted by Gasteiger charge is 2.33. The van der Waals surface area contributed by atoms with Gasteiger partial charge in [0.1, 0.15) is 5.75 Å². The van der Waals surface area contributed by atoms with E-state index in [1.807, 2.05) is 18.4 Å². The quantitative estimate of drug-likeness (QED) is 0.685. The van der Waals surface area contributed by atoms with Crippen LogP contribution in [-0.2, 0) is 9.59 Å². The molecule has 0 bridgehead atoms. The number of amides is 1. The Hall–Kier alpha value is -2.65. The lowest BCUT2D eigenvalue weighted by Crippen LogP contribution is -2.29. The Kier molecular flexibility index (Phi) is 6.48. The van der Waals surface area contributed by atoms with E-state index < -0.39 is 12.1 Å². The van der Waals surface area contributed by atoms with E-state index in [0.717, 1.165) is 12.0 Å². The molecule has 1 aromatic carbocycles. The van der Waals surface area contributed by atoms with Gasteiger partial charge in [-0.25, -0.2) is 9.78 Å². The van der Waals surface area contributed by atoms with Crippen molar-refractivity contribution >= 4 is 51.4 Å². The molecule has 1 aliphatic rings. The minimum Gasteiger partial charge on any atom is -0.479 e. The molecule has 0 aliphatic carbocycles. The van der Waals surface area contributed by atoms with E-state index in [4.69, 9.17) is 9.84 Å². The monoisotopic (exact) mass is 417 g/mol. The van der Waals surface area contributed by atoms with Crippen LogP contribution in [0.5, 0.6) is 5.75 Å². The summed E-state index contributed by atoms with van der Waals surface area (Å²) in [4.78, 5) is 34.6. The minimum atomic E-state index is -1.04. The predicted octanol–water partition coefficient (Wildman–Crippen LogP) is 4.01. The number of aliphatic imine (C=N–C) groups is 1. The summed E-state index contributed by atoms with van der Waals surface area (Å²) in [6.45, 7) is 4.05. The number of aliphatic carboxylic acids is 1. The number of carboxylic acids is 1. The van der Waals surface area contributed by atoms with Crippen molar-refractivity contribution in [3.8, 4) is 5.75 Å². The smallest absolute Gasteiger partial charge is 0.344 e. The van der Waals surface area contributed by atoms with Crippen molar-refractivity contribution in [3.05, 3.63) is 46.3 Å². The topological polar surface area (TPSA) is 92.1 Å². The normalized spacial score (nSPS) is 18.1. The van der Waals surface area contributed by atoms with Crippen LogP contribution in [0.15, 0.2) is 45.7 Å². The summed E-state index contributed by atoms with van der Waals surface area (Å²) in [6.07, 6.45) is 3.30. The van der Waals surface area contributed by atoms with Crippen LogP contribution in [0.2, 0.25) is 0 Å². The van der Waals surface area contributed by atoms with Gasteiger partial charge in [-0.2, -0.15) is 4.99 Å². The van der Waals surface area contributed by atoms with Crippen LogP contribution in [0.1, 0.15) is 25.8 Å². The fourth-order valence-electron chi connectivity index (χ4n) is 2.45. The van der Waals surface area contributed by atoms with Gasteiger partial charge in [0.25, 0.3) is 5.91 Å². The molecule has 9 heteroatoms. The molecule has 1 aromatic heterocycles. The van der Waals surface area contributed by atoms with E-state index in [1.165, 1.54) is 30.0 Å². The average molecular weight is 418 g/mol. The average Bonchev–Trinajstić information content (AvgIpc) is 3.26. The van der Waals surface area contributed by atoms with Crippen molar-refractivity contribution in [3.63, 3.8) is 0 Å². The van der Waals surface area contributed by atoms with Crippen molar-refractivity contribution in [2.45, 2.75) is 26.4 Å². The predicted molar refractivity (Wildman–Crippen MR) is 111 cm³/mol. The van der Waals surface area contributed by atoms with E-state index in [0.29, 0.717) is 27.5 Å². The molecule has 1 unspecified atom stereocenters. The van der Waals surface area contributed by atoms with Crippen molar-refractivity contribution in [2.24, 2.45) is 4.99 Å². The first-order chi connectivity index (χ1) is 13.5. The summed E-state index contributed by atoms with van der Waals surface area (Å²) < 4.78 is 5.40. The summed E-state index contributed by atoms with van der Waals surface area (Å²) >= 11 is 2.72. The lowest BCUT2D eigenvalue weighted by Gasteiger charge is -2.13. The summed E-state index contributed by atoms with van der Waals surface area (Å²) in [6, 6.07) is 6.98. The number of rotatable bonds is 7. The summed E-state index contributed by atoms with van der Waals surface area (Å²) in [5.41, 5.74) is 0.748. The van der Waals surface area contributed by atoms with Gasteiger partial charge in [0.2, 0.25) is 5.13 Å². The standard InChI is InChI=1S/C19H19N3O4S2/c1-3-8-22-16(23)15(28-19(22)21-18-20-7-9-27-18)11-13-5-4-6-14(10-13)26-12(2)17(24)25/h4-7,9-12H,3,8H2,1-2H3,(H,24,25)/b15-11+,21-19+. The summed E-state index contributed by atoms with van der Waals surface area (Å²) in [7, 11) is 0. The maximum atomic E-state index is 12.8. The third-order valence-electron chi connectivity index (χ3n) is 3.76. The largest absolute Gasteiger partial charge is 0.479 e. The van der Waals surface area contributed by atoms with Gasteiger partial charge in [-0.1, -0.05) is 19.1 Å². The molecule has 1 fully saturated rings. The van der Waals surface area contributed by atoms with Crippen molar-refractivity contribution < 1.29 is 19.4 Å². The number of amidine groups is 1. The number of hydrogen-bond acceptors (Lipinski definition) is 7. The second-order valence-corrected chi connectivity index (χ2v) is 7.83. The van der Waals surface area contributed by atoms with Crippen LogP contribution in [0, 0.1) is 0 Å². The number of carbonyl (C=O) groups is 2. The van der Waals surface area contributed by atoms with Crippen LogP contribution in [0.25, 0.3) is 6.08 Å². The van der Waals surface area contributed by atoms with Crippen LogP contribution in [0.3, 0.4) is 0 Å². The van der Waals surface area contributed by atoms with E-state index >= 15 is 0 Å². The number of carbonyl (C=O) groups excluding carboxylic acids is 1. The molecular formula is C19H19N3O4S2.